The van der Waals surface area contributed by atoms with Gasteiger partial charge in [-0.15, -0.1) is 0 Å². The predicted molar refractivity (Wildman–Crippen MR) is 80.8 cm³/mol. The van der Waals surface area contributed by atoms with Gasteiger partial charge in [-0.3, -0.25) is 0 Å². The lowest BCUT2D eigenvalue weighted by Gasteiger charge is -2.31. The number of likely N-dealkylation sites (N-methyl/N-ethyl adjacent to an activating group) is 1. The molecule has 1 aromatic carbocycles. The number of aryl methyl sites for hydroxylation is 2. The van der Waals surface area contributed by atoms with Gasteiger partial charge in [-0.05, 0) is 50.3 Å². The summed E-state index contributed by atoms with van der Waals surface area (Å²) in [6.45, 7) is 12.1. The molecular formula is C17H27NO. The molecule has 0 radical (unpaired) electrons. The summed E-state index contributed by atoms with van der Waals surface area (Å²) in [5.74, 6) is 1.04. The lowest BCUT2D eigenvalue weighted by molar-refractivity contribution is 0.141. The van der Waals surface area contributed by atoms with E-state index in [-0.39, 0.29) is 6.10 Å². The maximum absolute atomic E-state index is 6.30. The summed E-state index contributed by atoms with van der Waals surface area (Å²) in [5.41, 5.74) is 2.85. The number of rotatable bonds is 4. The number of ether oxygens (including phenoxy) is 1. The molecule has 2 unspecified atom stereocenters. The van der Waals surface area contributed by atoms with Crippen LogP contribution in [0.1, 0.15) is 44.7 Å². The van der Waals surface area contributed by atoms with E-state index in [1.807, 2.05) is 0 Å². The lowest BCUT2D eigenvalue weighted by atomic mass is 9.87. The van der Waals surface area contributed by atoms with Gasteiger partial charge in [-0.1, -0.05) is 38.5 Å². The first-order valence-corrected chi connectivity index (χ1v) is 7.41. The lowest BCUT2D eigenvalue weighted by Crippen LogP contribution is -2.46. The van der Waals surface area contributed by atoms with Crippen LogP contribution in [-0.2, 0) is 0 Å². The van der Waals surface area contributed by atoms with E-state index in [9.17, 15) is 0 Å². The molecule has 106 valence electrons. The van der Waals surface area contributed by atoms with Crippen molar-refractivity contribution >= 4 is 0 Å². The van der Waals surface area contributed by atoms with Gasteiger partial charge in [0, 0.05) is 6.04 Å². The zero-order valence-electron chi connectivity index (χ0n) is 12.9. The fourth-order valence-corrected chi connectivity index (χ4v) is 3.19. The minimum atomic E-state index is 0.288. The van der Waals surface area contributed by atoms with Crippen LogP contribution < -0.4 is 10.1 Å². The van der Waals surface area contributed by atoms with E-state index < -0.39 is 0 Å². The molecule has 0 aliphatic heterocycles. The molecule has 1 aliphatic rings. The number of hydrogen-bond acceptors (Lipinski definition) is 2. The van der Waals surface area contributed by atoms with Gasteiger partial charge in [0.2, 0.25) is 0 Å². The summed E-state index contributed by atoms with van der Waals surface area (Å²) in [5, 5.41) is 3.61. The molecule has 1 saturated carbocycles. The fraction of sp³-hybridized carbons (Fsp3) is 0.647. The Morgan fingerprint density at radius 1 is 1.32 bits per heavy atom. The molecule has 0 spiro atoms. The van der Waals surface area contributed by atoms with Crippen molar-refractivity contribution in [3.05, 3.63) is 29.3 Å². The summed E-state index contributed by atoms with van der Waals surface area (Å²) in [6.07, 6.45) is 2.65. The van der Waals surface area contributed by atoms with Gasteiger partial charge in [0.05, 0.1) is 0 Å². The zero-order chi connectivity index (χ0) is 14.0. The summed E-state index contributed by atoms with van der Waals surface area (Å²) < 4.78 is 6.30. The third kappa shape index (κ3) is 3.11. The van der Waals surface area contributed by atoms with Crippen molar-refractivity contribution in [2.75, 3.05) is 6.54 Å². The first-order valence-electron chi connectivity index (χ1n) is 7.41. The van der Waals surface area contributed by atoms with Crippen LogP contribution in [0.25, 0.3) is 0 Å². The maximum atomic E-state index is 6.30. The van der Waals surface area contributed by atoms with E-state index in [2.05, 4.69) is 58.1 Å². The monoisotopic (exact) mass is 261 g/mol. The third-order valence-corrected chi connectivity index (χ3v) is 4.32. The Morgan fingerprint density at radius 3 is 2.68 bits per heavy atom. The molecule has 0 heterocycles. The Morgan fingerprint density at radius 2 is 2.05 bits per heavy atom. The SMILES string of the molecule is CCNC1C(Oc2ccc(C)cc2C)CCC1(C)C. The maximum Gasteiger partial charge on any atom is 0.122 e. The molecule has 1 aliphatic carbocycles. The molecule has 2 heteroatoms. The van der Waals surface area contributed by atoms with Gasteiger partial charge in [0.1, 0.15) is 11.9 Å². The molecule has 2 rings (SSSR count). The Labute approximate surface area is 117 Å². The fourth-order valence-electron chi connectivity index (χ4n) is 3.19. The largest absolute Gasteiger partial charge is 0.489 e. The van der Waals surface area contributed by atoms with Gasteiger partial charge in [0.25, 0.3) is 0 Å². The Hall–Kier alpha value is -1.02. The third-order valence-electron chi connectivity index (χ3n) is 4.32. The Kier molecular flexibility index (Phi) is 4.19. The van der Waals surface area contributed by atoms with Gasteiger partial charge in [-0.25, -0.2) is 0 Å². The first-order chi connectivity index (χ1) is 8.94. The van der Waals surface area contributed by atoms with Crippen LogP contribution in [0.2, 0.25) is 0 Å². The molecule has 1 aromatic rings. The van der Waals surface area contributed by atoms with E-state index in [1.54, 1.807) is 0 Å². The van der Waals surface area contributed by atoms with Crippen LogP contribution >= 0.6 is 0 Å². The Bertz CT molecular complexity index is 439. The molecule has 1 fully saturated rings. The summed E-state index contributed by atoms with van der Waals surface area (Å²) in [4.78, 5) is 0. The van der Waals surface area contributed by atoms with Crippen LogP contribution in [0.5, 0.6) is 5.75 Å². The number of nitrogens with one attached hydrogen (secondary N) is 1. The second-order valence-corrected chi connectivity index (χ2v) is 6.49. The highest BCUT2D eigenvalue weighted by Crippen LogP contribution is 2.39. The van der Waals surface area contributed by atoms with Crippen LogP contribution in [0.4, 0.5) is 0 Å². The van der Waals surface area contributed by atoms with Gasteiger partial charge in [0.15, 0.2) is 0 Å². The highest BCUT2D eigenvalue weighted by Gasteiger charge is 2.42. The van der Waals surface area contributed by atoms with Crippen LogP contribution in [-0.4, -0.2) is 18.7 Å². The second kappa shape index (κ2) is 5.54. The molecular weight excluding hydrogens is 234 g/mol. The van der Waals surface area contributed by atoms with Crippen molar-refractivity contribution in [3.63, 3.8) is 0 Å². The van der Waals surface area contributed by atoms with Crippen molar-refractivity contribution in [1.29, 1.82) is 0 Å². The summed E-state index contributed by atoms with van der Waals surface area (Å²) >= 11 is 0. The zero-order valence-corrected chi connectivity index (χ0v) is 12.9. The highest BCUT2D eigenvalue weighted by atomic mass is 16.5. The van der Waals surface area contributed by atoms with E-state index >= 15 is 0 Å². The van der Waals surface area contributed by atoms with Gasteiger partial charge >= 0.3 is 0 Å². The van der Waals surface area contributed by atoms with Crippen molar-refractivity contribution < 1.29 is 4.74 Å². The van der Waals surface area contributed by atoms with E-state index in [4.69, 9.17) is 4.74 Å². The van der Waals surface area contributed by atoms with Crippen molar-refractivity contribution in [1.82, 2.24) is 5.32 Å². The molecule has 19 heavy (non-hydrogen) atoms. The van der Waals surface area contributed by atoms with E-state index in [1.165, 1.54) is 17.5 Å². The van der Waals surface area contributed by atoms with Crippen LogP contribution in [0, 0.1) is 19.3 Å². The molecule has 2 nitrogen and oxygen atoms in total. The average molecular weight is 261 g/mol. The normalized spacial score (nSPS) is 25.5. The molecule has 0 aromatic heterocycles. The second-order valence-electron chi connectivity index (χ2n) is 6.49. The Balaban J connectivity index is 2.13. The minimum absolute atomic E-state index is 0.288. The molecule has 0 saturated heterocycles. The smallest absolute Gasteiger partial charge is 0.122 e. The molecule has 0 amide bonds. The average Bonchev–Trinajstić information content (AvgIpc) is 2.60. The van der Waals surface area contributed by atoms with Crippen molar-refractivity contribution in [2.24, 2.45) is 5.41 Å². The van der Waals surface area contributed by atoms with Crippen molar-refractivity contribution in [2.45, 2.75) is 59.6 Å². The van der Waals surface area contributed by atoms with E-state index in [0.717, 1.165) is 18.7 Å². The molecule has 1 N–H and O–H groups in total. The molecule has 0 bridgehead atoms. The number of benzene rings is 1. The van der Waals surface area contributed by atoms with Crippen LogP contribution in [0.3, 0.4) is 0 Å². The number of hydrogen-bond donors (Lipinski definition) is 1. The standard InChI is InChI=1S/C17H27NO/c1-6-18-16-15(9-10-17(16,4)5)19-14-8-7-12(2)11-13(14)3/h7-8,11,15-16,18H,6,9-10H2,1-5H3. The van der Waals surface area contributed by atoms with E-state index in [0.29, 0.717) is 11.5 Å². The molecule has 2 atom stereocenters. The summed E-state index contributed by atoms with van der Waals surface area (Å²) in [7, 11) is 0. The minimum Gasteiger partial charge on any atom is -0.489 e. The topological polar surface area (TPSA) is 21.3 Å². The quantitative estimate of drug-likeness (QED) is 0.889. The van der Waals surface area contributed by atoms with Crippen LogP contribution in [0.15, 0.2) is 18.2 Å². The van der Waals surface area contributed by atoms with Crippen molar-refractivity contribution in [3.8, 4) is 5.75 Å². The summed E-state index contributed by atoms with van der Waals surface area (Å²) in [6, 6.07) is 6.87. The van der Waals surface area contributed by atoms with Gasteiger partial charge < -0.3 is 10.1 Å². The first kappa shape index (κ1) is 14.4. The van der Waals surface area contributed by atoms with Gasteiger partial charge in [-0.2, -0.15) is 0 Å². The predicted octanol–water partition coefficient (Wildman–Crippen LogP) is 3.85. The highest BCUT2D eigenvalue weighted by molar-refractivity contribution is 5.36.